The molecule has 30 heavy (non-hydrogen) atoms. The van der Waals surface area contributed by atoms with Crippen molar-refractivity contribution in [2.75, 3.05) is 4.90 Å². The molecule has 0 aromatic heterocycles. The molecule has 4 heteroatoms. The number of imide groups is 1. The van der Waals surface area contributed by atoms with Crippen LogP contribution in [0.4, 0.5) is 10.1 Å². The number of carbonyl (C=O) groups excluding carboxylic acids is 2. The van der Waals surface area contributed by atoms with Crippen molar-refractivity contribution >= 4 is 17.5 Å². The van der Waals surface area contributed by atoms with Crippen LogP contribution in [0.2, 0.25) is 0 Å². The van der Waals surface area contributed by atoms with E-state index in [4.69, 9.17) is 0 Å². The Labute approximate surface area is 174 Å². The van der Waals surface area contributed by atoms with Crippen molar-refractivity contribution in [3.8, 4) is 0 Å². The number of amides is 2. The molecule has 1 saturated heterocycles. The highest BCUT2D eigenvalue weighted by atomic mass is 19.1. The number of carbonyl (C=O) groups is 2. The van der Waals surface area contributed by atoms with E-state index < -0.39 is 17.7 Å². The highest BCUT2D eigenvalue weighted by molar-refractivity contribution is 6.22. The number of nitrogens with zero attached hydrogens (tertiary/aromatic N) is 1. The van der Waals surface area contributed by atoms with Crippen LogP contribution >= 0.6 is 0 Å². The molecule has 0 N–H and O–H groups in total. The zero-order chi connectivity index (χ0) is 20.7. The van der Waals surface area contributed by atoms with Gasteiger partial charge in [-0.3, -0.25) is 9.59 Å². The van der Waals surface area contributed by atoms with Gasteiger partial charge >= 0.3 is 0 Å². The van der Waals surface area contributed by atoms with Crippen molar-refractivity contribution in [3.63, 3.8) is 0 Å². The predicted molar refractivity (Wildman–Crippen MR) is 113 cm³/mol. The summed E-state index contributed by atoms with van der Waals surface area (Å²) in [5.74, 6) is -2.22. The number of rotatable bonds is 3. The molecule has 0 radical (unpaired) electrons. The molecular weight excluding hydrogens is 377 g/mol. The lowest BCUT2D eigenvalue weighted by atomic mass is 9.68. The third kappa shape index (κ3) is 2.96. The summed E-state index contributed by atoms with van der Waals surface area (Å²) in [6.45, 7) is 0. The number of fused-ring (bicyclic) bond motifs is 1. The van der Waals surface area contributed by atoms with Crippen LogP contribution in [0, 0.1) is 17.7 Å². The van der Waals surface area contributed by atoms with Crippen LogP contribution < -0.4 is 4.90 Å². The number of allylic oxidation sites excluding steroid dienone is 2. The van der Waals surface area contributed by atoms with Gasteiger partial charge in [-0.1, -0.05) is 72.8 Å². The zero-order valence-electron chi connectivity index (χ0n) is 16.2. The summed E-state index contributed by atoms with van der Waals surface area (Å²) in [5.41, 5.74) is 2.44. The second-order valence-corrected chi connectivity index (χ2v) is 7.80. The van der Waals surface area contributed by atoms with Crippen LogP contribution in [0.5, 0.6) is 0 Å². The first-order chi connectivity index (χ1) is 14.6. The Hall–Kier alpha value is -3.53. The van der Waals surface area contributed by atoms with Crippen LogP contribution in [0.1, 0.15) is 23.0 Å². The second-order valence-electron chi connectivity index (χ2n) is 7.80. The quantitative estimate of drug-likeness (QED) is 0.457. The number of halogens is 1. The standard InChI is InChI=1S/C26H20FNO2/c27-19-11-13-20(14-12-19)28-25(29)23-21(17-7-3-1-4-8-17)15-16-22(24(23)26(28)30)18-9-5-2-6-10-18/h1-16,21-24H. The molecule has 4 unspecified atom stereocenters. The maximum Gasteiger partial charge on any atom is 0.238 e. The maximum absolute atomic E-state index is 13.6. The van der Waals surface area contributed by atoms with Crippen molar-refractivity contribution in [3.05, 3.63) is 114 Å². The average molecular weight is 397 g/mol. The smallest absolute Gasteiger partial charge is 0.238 e. The summed E-state index contributed by atoms with van der Waals surface area (Å²) in [7, 11) is 0. The Morgan fingerprint density at radius 2 is 1.03 bits per heavy atom. The van der Waals surface area contributed by atoms with Crippen molar-refractivity contribution in [1.82, 2.24) is 0 Å². The molecule has 1 heterocycles. The van der Waals surface area contributed by atoms with Crippen LogP contribution in [0.3, 0.4) is 0 Å². The Balaban J connectivity index is 1.63. The molecule has 5 rings (SSSR count). The summed E-state index contributed by atoms with van der Waals surface area (Å²) in [6.07, 6.45) is 4.13. The number of benzene rings is 3. The monoisotopic (exact) mass is 397 g/mol. The number of anilines is 1. The van der Waals surface area contributed by atoms with Gasteiger partial charge in [-0.2, -0.15) is 0 Å². The van der Waals surface area contributed by atoms with Crippen molar-refractivity contribution < 1.29 is 14.0 Å². The Morgan fingerprint density at radius 3 is 1.47 bits per heavy atom. The molecule has 0 bridgehead atoms. The molecule has 0 spiro atoms. The largest absolute Gasteiger partial charge is 0.274 e. The van der Waals surface area contributed by atoms with Gasteiger partial charge in [0.2, 0.25) is 11.8 Å². The topological polar surface area (TPSA) is 37.4 Å². The summed E-state index contributed by atoms with van der Waals surface area (Å²) in [4.78, 5) is 28.4. The molecule has 148 valence electrons. The van der Waals surface area contributed by atoms with Gasteiger partial charge in [-0.05, 0) is 35.4 Å². The third-order valence-corrected chi connectivity index (χ3v) is 6.15. The van der Waals surface area contributed by atoms with Crippen LogP contribution in [0.25, 0.3) is 0 Å². The fraction of sp³-hybridized carbons (Fsp3) is 0.154. The summed E-state index contributed by atoms with van der Waals surface area (Å²) >= 11 is 0. The molecule has 0 saturated carbocycles. The van der Waals surface area contributed by atoms with E-state index in [1.54, 1.807) is 0 Å². The maximum atomic E-state index is 13.6. The van der Waals surface area contributed by atoms with E-state index >= 15 is 0 Å². The molecule has 1 fully saturated rings. The second kappa shape index (κ2) is 7.38. The van der Waals surface area contributed by atoms with E-state index in [2.05, 4.69) is 12.2 Å². The zero-order valence-corrected chi connectivity index (χ0v) is 16.2. The molecule has 3 aromatic rings. The van der Waals surface area contributed by atoms with Crippen LogP contribution in [-0.2, 0) is 9.59 Å². The first kappa shape index (κ1) is 18.5. The summed E-state index contributed by atoms with van der Waals surface area (Å²) < 4.78 is 13.4. The van der Waals surface area contributed by atoms with E-state index in [0.29, 0.717) is 5.69 Å². The van der Waals surface area contributed by atoms with E-state index in [1.807, 2.05) is 60.7 Å². The lowest BCUT2D eigenvalue weighted by molar-refractivity contribution is -0.122. The Kier molecular flexibility index (Phi) is 4.55. The van der Waals surface area contributed by atoms with E-state index in [9.17, 15) is 14.0 Å². The molecule has 2 aliphatic rings. The summed E-state index contributed by atoms with van der Waals surface area (Å²) in [6, 6.07) is 25.2. The fourth-order valence-corrected chi connectivity index (χ4v) is 4.78. The van der Waals surface area contributed by atoms with Crippen molar-refractivity contribution in [2.24, 2.45) is 11.8 Å². The first-order valence-corrected chi connectivity index (χ1v) is 10.1. The van der Waals surface area contributed by atoms with Gasteiger partial charge in [0.05, 0.1) is 17.5 Å². The minimum absolute atomic E-state index is 0.182. The normalized spacial score (nSPS) is 25.4. The summed E-state index contributed by atoms with van der Waals surface area (Å²) in [5, 5.41) is 0. The van der Waals surface area contributed by atoms with Gasteiger partial charge in [0.25, 0.3) is 0 Å². The number of hydrogen-bond donors (Lipinski definition) is 0. The Bertz CT molecular complexity index is 1040. The molecule has 2 amide bonds. The molecule has 1 aliphatic carbocycles. The highest BCUT2D eigenvalue weighted by Crippen LogP contribution is 2.50. The third-order valence-electron chi connectivity index (χ3n) is 6.15. The highest BCUT2D eigenvalue weighted by Gasteiger charge is 2.55. The fourth-order valence-electron chi connectivity index (χ4n) is 4.78. The first-order valence-electron chi connectivity index (χ1n) is 10.1. The average Bonchev–Trinajstić information content (AvgIpc) is 3.06. The van der Waals surface area contributed by atoms with Crippen molar-refractivity contribution in [2.45, 2.75) is 11.8 Å². The van der Waals surface area contributed by atoms with Crippen LogP contribution in [-0.4, -0.2) is 11.8 Å². The van der Waals surface area contributed by atoms with Gasteiger partial charge in [0.15, 0.2) is 0 Å². The van der Waals surface area contributed by atoms with E-state index in [1.165, 1.54) is 29.2 Å². The van der Waals surface area contributed by atoms with Gasteiger partial charge in [0.1, 0.15) is 5.82 Å². The van der Waals surface area contributed by atoms with Crippen molar-refractivity contribution in [1.29, 1.82) is 0 Å². The molecule has 3 aromatic carbocycles. The molecule has 4 atom stereocenters. The lowest BCUT2D eigenvalue weighted by Gasteiger charge is -2.32. The van der Waals surface area contributed by atoms with Gasteiger partial charge in [-0.15, -0.1) is 0 Å². The van der Waals surface area contributed by atoms with Gasteiger partial charge in [0, 0.05) is 11.8 Å². The van der Waals surface area contributed by atoms with Gasteiger partial charge in [-0.25, -0.2) is 9.29 Å². The molecule has 3 nitrogen and oxygen atoms in total. The minimum atomic E-state index is -0.500. The lowest BCUT2D eigenvalue weighted by Crippen LogP contribution is -2.31. The SMILES string of the molecule is O=C1C2C(c3ccccc3)C=CC(c3ccccc3)C2C(=O)N1c1ccc(F)cc1. The van der Waals surface area contributed by atoms with E-state index in [0.717, 1.165) is 11.1 Å². The molecule has 1 aliphatic heterocycles. The van der Waals surface area contributed by atoms with Gasteiger partial charge < -0.3 is 0 Å². The minimum Gasteiger partial charge on any atom is -0.274 e. The molecular formula is C26H20FNO2. The Morgan fingerprint density at radius 1 is 0.600 bits per heavy atom. The van der Waals surface area contributed by atoms with E-state index in [-0.39, 0.29) is 23.7 Å². The number of hydrogen-bond acceptors (Lipinski definition) is 2. The predicted octanol–water partition coefficient (Wildman–Crippen LogP) is 5.07. The van der Waals surface area contributed by atoms with Crippen LogP contribution in [0.15, 0.2) is 97.1 Å².